The molecule has 2 N–H and O–H groups in total. The summed E-state index contributed by atoms with van der Waals surface area (Å²) in [4.78, 5) is 21.4. The Morgan fingerprint density at radius 1 is 1.18 bits per heavy atom. The lowest BCUT2D eigenvalue weighted by Crippen LogP contribution is -2.15. The van der Waals surface area contributed by atoms with Crippen LogP contribution in [-0.2, 0) is 11.2 Å². The number of nitrogens with zero attached hydrogens (tertiary/aromatic N) is 3. The third-order valence-electron chi connectivity index (χ3n) is 5.89. The number of halogens is 1. The van der Waals surface area contributed by atoms with Gasteiger partial charge in [-0.2, -0.15) is 0 Å². The molecule has 2 heterocycles. The van der Waals surface area contributed by atoms with Crippen molar-refractivity contribution in [3.63, 3.8) is 0 Å². The molecule has 1 aliphatic carbocycles. The lowest BCUT2D eigenvalue weighted by Gasteiger charge is -2.19. The molecular formula is C25H30ClN5O3. The highest BCUT2D eigenvalue weighted by atomic mass is 35.5. The van der Waals surface area contributed by atoms with E-state index in [-0.39, 0.29) is 5.82 Å². The highest BCUT2D eigenvalue weighted by Crippen LogP contribution is 2.32. The Bertz CT molecular complexity index is 1100. The van der Waals surface area contributed by atoms with Crippen molar-refractivity contribution in [1.29, 1.82) is 0 Å². The number of ether oxygens (including phenoxy) is 2. The fourth-order valence-electron chi connectivity index (χ4n) is 4.17. The first-order valence-corrected chi connectivity index (χ1v) is 12.2. The summed E-state index contributed by atoms with van der Waals surface area (Å²) in [5, 5.41) is 10.4. The van der Waals surface area contributed by atoms with E-state index in [1.165, 1.54) is 32.1 Å². The topological polar surface area (TPSA) is 102 Å². The molecule has 34 heavy (non-hydrogen) atoms. The van der Waals surface area contributed by atoms with E-state index in [2.05, 4.69) is 25.5 Å². The third-order valence-corrected chi connectivity index (χ3v) is 6.22. The minimum atomic E-state index is -0.408. The van der Waals surface area contributed by atoms with Crippen LogP contribution in [0.5, 0.6) is 5.75 Å². The molecule has 1 aromatic carbocycles. The van der Waals surface area contributed by atoms with Gasteiger partial charge in [0, 0.05) is 29.8 Å². The number of hydrogen-bond acceptors (Lipinski definition) is 6. The van der Waals surface area contributed by atoms with Gasteiger partial charge in [-0.1, -0.05) is 43.7 Å². The monoisotopic (exact) mass is 483 g/mol. The van der Waals surface area contributed by atoms with Crippen molar-refractivity contribution in [2.24, 2.45) is 5.92 Å². The van der Waals surface area contributed by atoms with Crippen LogP contribution < -0.4 is 10.1 Å². The number of hydrogen-bond donors (Lipinski definition) is 2. The van der Waals surface area contributed by atoms with Gasteiger partial charge in [0.15, 0.2) is 0 Å². The van der Waals surface area contributed by atoms with Gasteiger partial charge in [0.25, 0.3) is 5.91 Å². The second-order valence-electron chi connectivity index (χ2n) is 8.38. The number of H-pyrrole nitrogens is 1. The fourth-order valence-corrected chi connectivity index (χ4v) is 4.40. The minimum absolute atomic E-state index is 0.112. The zero-order valence-corrected chi connectivity index (χ0v) is 20.1. The lowest BCUT2D eigenvalue weighted by molar-refractivity contribution is 0.101. The van der Waals surface area contributed by atoms with E-state index in [4.69, 9.17) is 21.1 Å². The first-order valence-electron chi connectivity index (χ1n) is 11.8. The largest absolute Gasteiger partial charge is 0.491 e. The van der Waals surface area contributed by atoms with Crippen molar-refractivity contribution in [2.45, 2.75) is 45.4 Å². The second-order valence-corrected chi connectivity index (χ2v) is 8.79. The number of pyridine rings is 1. The van der Waals surface area contributed by atoms with Crippen LogP contribution in [0.25, 0.3) is 11.1 Å². The van der Waals surface area contributed by atoms with Crippen molar-refractivity contribution in [3.05, 3.63) is 53.2 Å². The van der Waals surface area contributed by atoms with E-state index in [0.717, 1.165) is 23.4 Å². The van der Waals surface area contributed by atoms with Crippen LogP contribution in [0.3, 0.4) is 0 Å². The lowest BCUT2D eigenvalue weighted by atomic mass is 9.87. The van der Waals surface area contributed by atoms with Gasteiger partial charge in [-0.25, -0.2) is 9.97 Å². The fraction of sp³-hybridized carbons (Fsp3) is 0.440. The molecule has 4 rings (SSSR count). The number of nitrogens with one attached hydrogen (secondary N) is 2. The number of aromatic amines is 1. The molecule has 1 fully saturated rings. The van der Waals surface area contributed by atoms with Gasteiger partial charge in [-0.15, -0.1) is 5.10 Å². The van der Waals surface area contributed by atoms with E-state index in [1.807, 2.05) is 25.1 Å². The summed E-state index contributed by atoms with van der Waals surface area (Å²) in [6.45, 7) is 3.56. The van der Waals surface area contributed by atoms with Gasteiger partial charge in [-0.05, 0) is 48.7 Å². The van der Waals surface area contributed by atoms with Crippen LogP contribution in [-0.4, -0.2) is 45.9 Å². The quantitative estimate of drug-likeness (QED) is 0.379. The van der Waals surface area contributed by atoms with Gasteiger partial charge >= 0.3 is 0 Å². The number of rotatable bonds is 10. The first kappa shape index (κ1) is 24.2. The molecule has 0 radical (unpaired) electrons. The zero-order chi connectivity index (χ0) is 23.8. The smallest absolute Gasteiger partial charge is 0.296 e. The predicted molar refractivity (Wildman–Crippen MR) is 131 cm³/mol. The van der Waals surface area contributed by atoms with Crippen LogP contribution in [0.4, 0.5) is 5.82 Å². The van der Waals surface area contributed by atoms with Crippen LogP contribution in [0, 0.1) is 5.92 Å². The Morgan fingerprint density at radius 2 is 2.03 bits per heavy atom. The number of carbonyl (C=O) groups excluding carboxylic acids is 1. The van der Waals surface area contributed by atoms with Crippen molar-refractivity contribution in [1.82, 2.24) is 20.2 Å². The number of anilines is 1. The van der Waals surface area contributed by atoms with Crippen molar-refractivity contribution >= 4 is 23.3 Å². The second kappa shape index (κ2) is 11.9. The Kier molecular flexibility index (Phi) is 8.49. The third kappa shape index (κ3) is 6.55. The molecule has 0 atom stereocenters. The van der Waals surface area contributed by atoms with Crippen molar-refractivity contribution in [3.8, 4) is 16.9 Å². The van der Waals surface area contributed by atoms with Crippen molar-refractivity contribution in [2.75, 3.05) is 25.1 Å². The van der Waals surface area contributed by atoms with Crippen LogP contribution >= 0.6 is 11.6 Å². The predicted octanol–water partition coefficient (Wildman–Crippen LogP) is 5.31. The van der Waals surface area contributed by atoms with Crippen LogP contribution in [0.1, 0.15) is 55.5 Å². The standard InChI is InChI=1S/C25H30ClN5O3/c1-2-33-12-13-34-19-8-9-21(26)20(16-19)18-10-11-27-22(15-18)29-25(32)24-28-23(30-31-24)14-17-6-4-3-5-7-17/h8-11,15-17H,2-7,12-14H2,1H3,(H,27,29,32)(H,28,30,31). The Hall–Kier alpha value is -2.97. The molecule has 9 heteroatoms. The minimum Gasteiger partial charge on any atom is -0.491 e. The molecule has 0 unspecified atom stereocenters. The summed E-state index contributed by atoms with van der Waals surface area (Å²) in [6, 6.07) is 9.06. The average molecular weight is 484 g/mol. The van der Waals surface area contributed by atoms with Crippen molar-refractivity contribution < 1.29 is 14.3 Å². The molecule has 3 aromatic rings. The number of benzene rings is 1. The summed E-state index contributed by atoms with van der Waals surface area (Å²) in [5.41, 5.74) is 1.58. The van der Waals surface area contributed by atoms with E-state index in [9.17, 15) is 4.79 Å². The number of carbonyl (C=O) groups is 1. The molecule has 0 aliphatic heterocycles. The molecule has 0 bridgehead atoms. The number of aromatic nitrogens is 4. The van der Waals surface area contributed by atoms with Gasteiger partial charge in [0.1, 0.15) is 24.0 Å². The van der Waals surface area contributed by atoms with Gasteiger partial charge in [0.05, 0.1) is 6.61 Å². The zero-order valence-electron chi connectivity index (χ0n) is 19.3. The maximum Gasteiger partial charge on any atom is 0.296 e. The van der Waals surface area contributed by atoms with Crippen LogP contribution in [0.15, 0.2) is 36.5 Å². The summed E-state index contributed by atoms with van der Waals surface area (Å²) in [6.07, 6.45) is 8.70. The molecule has 2 aromatic heterocycles. The van der Waals surface area contributed by atoms with Gasteiger partial charge in [-0.3, -0.25) is 9.89 Å². The highest BCUT2D eigenvalue weighted by molar-refractivity contribution is 6.33. The summed E-state index contributed by atoms with van der Waals surface area (Å²) >= 11 is 6.44. The average Bonchev–Trinajstić information content (AvgIpc) is 3.32. The molecule has 180 valence electrons. The van der Waals surface area contributed by atoms with E-state index in [1.54, 1.807) is 18.3 Å². The van der Waals surface area contributed by atoms with Gasteiger partial charge in [0.2, 0.25) is 5.82 Å². The molecule has 1 saturated carbocycles. The highest BCUT2D eigenvalue weighted by Gasteiger charge is 2.18. The maximum absolute atomic E-state index is 12.7. The summed E-state index contributed by atoms with van der Waals surface area (Å²) in [5.74, 6) is 2.15. The normalized spacial score (nSPS) is 14.2. The Balaban J connectivity index is 1.41. The van der Waals surface area contributed by atoms with Crippen LogP contribution in [0.2, 0.25) is 5.02 Å². The van der Waals surface area contributed by atoms with Gasteiger partial charge < -0.3 is 14.8 Å². The molecular weight excluding hydrogens is 454 g/mol. The van der Waals surface area contributed by atoms with E-state index >= 15 is 0 Å². The van der Waals surface area contributed by atoms with E-state index < -0.39 is 5.91 Å². The molecule has 8 nitrogen and oxygen atoms in total. The summed E-state index contributed by atoms with van der Waals surface area (Å²) in [7, 11) is 0. The molecule has 0 spiro atoms. The molecule has 1 aliphatic rings. The van der Waals surface area contributed by atoms with E-state index in [0.29, 0.717) is 42.3 Å². The maximum atomic E-state index is 12.7. The SMILES string of the molecule is CCOCCOc1ccc(Cl)c(-c2ccnc(NC(=O)c3n[nH]c(CC4CCCCC4)n3)c2)c1. The Labute approximate surface area is 204 Å². The molecule has 0 saturated heterocycles. The first-order chi connectivity index (χ1) is 16.6. The Morgan fingerprint density at radius 3 is 2.85 bits per heavy atom. The molecule has 1 amide bonds. The number of amides is 1. The summed E-state index contributed by atoms with van der Waals surface area (Å²) < 4.78 is 11.1.